The predicted molar refractivity (Wildman–Crippen MR) is 103 cm³/mol. The Hall–Kier alpha value is -1.15. The van der Waals surface area contributed by atoms with E-state index in [0.29, 0.717) is 18.9 Å². The predicted octanol–water partition coefficient (Wildman–Crippen LogP) is 2.55. The molecule has 3 rings (SSSR count). The molecule has 1 amide bonds. The topological polar surface area (TPSA) is 71.8 Å². The van der Waals surface area contributed by atoms with Crippen LogP contribution in [0.3, 0.4) is 0 Å². The van der Waals surface area contributed by atoms with Gasteiger partial charge in [0.15, 0.2) is 0 Å². The zero-order chi connectivity index (χ0) is 16.9. The summed E-state index contributed by atoms with van der Waals surface area (Å²) in [6, 6.07) is 2.02. The number of amides is 1. The molecule has 25 heavy (non-hydrogen) atoms. The van der Waals surface area contributed by atoms with Gasteiger partial charge < -0.3 is 10.6 Å². The van der Waals surface area contributed by atoms with Gasteiger partial charge in [0.05, 0.1) is 16.4 Å². The molecule has 138 valence electrons. The Morgan fingerprint density at radius 2 is 2.40 bits per heavy atom. The number of halogens is 2. The molecule has 2 aromatic rings. The lowest BCUT2D eigenvalue weighted by molar-refractivity contribution is -0.121. The van der Waals surface area contributed by atoms with E-state index in [4.69, 9.17) is 11.6 Å². The van der Waals surface area contributed by atoms with Crippen molar-refractivity contribution in [2.45, 2.75) is 38.6 Å². The molecular weight excluding hydrogens is 381 g/mol. The van der Waals surface area contributed by atoms with Gasteiger partial charge in [-0.15, -0.1) is 23.7 Å². The zero-order valence-electron chi connectivity index (χ0n) is 14.1. The minimum absolute atomic E-state index is 0. The summed E-state index contributed by atoms with van der Waals surface area (Å²) in [5, 5.41) is 11.8. The summed E-state index contributed by atoms with van der Waals surface area (Å²) in [4.78, 5) is 16.4. The van der Waals surface area contributed by atoms with Crippen LogP contribution in [-0.4, -0.2) is 40.3 Å². The van der Waals surface area contributed by atoms with Crippen molar-refractivity contribution >= 4 is 41.3 Å². The standard InChI is InChI=1S/C16H22ClN5OS.ClH/c1-11-16(17)24-15(20-11)4-7-19-14(23)10-22-8-5-13(21-22)12-3-2-6-18-9-12;/h5,8,12,18H,2-4,6-7,9-10H2,1H3,(H,19,23);1H. The fourth-order valence-corrected chi connectivity index (χ4v) is 3.93. The van der Waals surface area contributed by atoms with Crippen molar-refractivity contribution in [3.05, 3.63) is 33.0 Å². The third-order valence-electron chi connectivity index (χ3n) is 4.13. The maximum atomic E-state index is 12.0. The molecule has 0 aromatic carbocycles. The van der Waals surface area contributed by atoms with Gasteiger partial charge in [-0.25, -0.2) is 4.98 Å². The molecule has 0 spiro atoms. The second-order valence-corrected chi connectivity index (χ2v) is 7.73. The molecule has 6 nitrogen and oxygen atoms in total. The van der Waals surface area contributed by atoms with Crippen molar-refractivity contribution in [1.82, 2.24) is 25.4 Å². The Kier molecular flexibility index (Phi) is 7.68. The van der Waals surface area contributed by atoms with Crippen molar-refractivity contribution in [2.75, 3.05) is 19.6 Å². The van der Waals surface area contributed by atoms with Crippen molar-refractivity contribution in [2.24, 2.45) is 0 Å². The number of nitrogens with one attached hydrogen (secondary N) is 2. The van der Waals surface area contributed by atoms with Gasteiger partial charge in [-0.2, -0.15) is 5.10 Å². The molecule has 0 bridgehead atoms. The van der Waals surface area contributed by atoms with Crippen LogP contribution in [0.5, 0.6) is 0 Å². The summed E-state index contributed by atoms with van der Waals surface area (Å²) in [7, 11) is 0. The summed E-state index contributed by atoms with van der Waals surface area (Å²) < 4.78 is 2.43. The van der Waals surface area contributed by atoms with Gasteiger partial charge in [0, 0.05) is 31.6 Å². The molecular formula is C16H23Cl2N5OS. The second-order valence-electron chi connectivity index (χ2n) is 6.05. The van der Waals surface area contributed by atoms with Crippen LogP contribution in [0, 0.1) is 6.92 Å². The molecule has 1 atom stereocenters. The van der Waals surface area contributed by atoms with E-state index in [1.165, 1.54) is 17.8 Å². The number of hydrogen-bond acceptors (Lipinski definition) is 5. The highest BCUT2D eigenvalue weighted by atomic mass is 35.5. The van der Waals surface area contributed by atoms with E-state index in [9.17, 15) is 4.79 Å². The molecule has 2 N–H and O–H groups in total. The highest BCUT2D eigenvalue weighted by molar-refractivity contribution is 7.16. The molecule has 0 saturated carbocycles. The number of aryl methyl sites for hydroxylation is 1. The number of rotatable bonds is 6. The number of aromatic nitrogens is 3. The van der Waals surface area contributed by atoms with Gasteiger partial charge >= 0.3 is 0 Å². The number of carbonyl (C=O) groups excluding carboxylic acids is 1. The Bertz CT molecular complexity index is 677. The molecule has 1 aliphatic rings. The molecule has 1 unspecified atom stereocenters. The number of nitrogens with zero attached hydrogens (tertiary/aromatic N) is 3. The first-order valence-electron chi connectivity index (χ1n) is 8.24. The molecule has 0 radical (unpaired) electrons. The molecule has 1 aliphatic heterocycles. The average molecular weight is 404 g/mol. The first-order valence-corrected chi connectivity index (χ1v) is 9.44. The fourth-order valence-electron chi connectivity index (χ4n) is 2.84. The largest absolute Gasteiger partial charge is 0.354 e. The highest BCUT2D eigenvalue weighted by Gasteiger charge is 2.17. The van der Waals surface area contributed by atoms with Gasteiger partial charge in [-0.05, 0) is 32.4 Å². The van der Waals surface area contributed by atoms with Crippen molar-refractivity contribution < 1.29 is 4.79 Å². The van der Waals surface area contributed by atoms with E-state index in [0.717, 1.165) is 40.2 Å². The molecule has 2 aromatic heterocycles. The Balaban J connectivity index is 0.00000225. The van der Waals surface area contributed by atoms with Crippen molar-refractivity contribution in [3.63, 3.8) is 0 Å². The van der Waals surface area contributed by atoms with Crippen LogP contribution in [0.25, 0.3) is 0 Å². The second kappa shape index (κ2) is 9.52. The van der Waals surface area contributed by atoms with Gasteiger partial charge in [0.1, 0.15) is 10.9 Å². The number of thiazole rings is 1. The van der Waals surface area contributed by atoms with Crippen LogP contribution < -0.4 is 10.6 Å². The van der Waals surface area contributed by atoms with Gasteiger partial charge in [-0.3, -0.25) is 9.48 Å². The normalized spacial score (nSPS) is 17.1. The van der Waals surface area contributed by atoms with Gasteiger partial charge in [0.25, 0.3) is 0 Å². The zero-order valence-corrected chi connectivity index (χ0v) is 16.5. The van der Waals surface area contributed by atoms with Crippen LogP contribution in [0.15, 0.2) is 12.3 Å². The van der Waals surface area contributed by atoms with Crippen LogP contribution in [0.4, 0.5) is 0 Å². The highest BCUT2D eigenvalue weighted by Crippen LogP contribution is 2.23. The van der Waals surface area contributed by atoms with E-state index < -0.39 is 0 Å². The molecule has 9 heteroatoms. The third kappa shape index (κ3) is 5.67. The first kappa shape index (κ1) is 20.2. The minimum Gasteiger partial charge on any atom is -0.354 e. The number of carbonyl (C=O) groups is 1. The van der Waals surface area contributed by atoms with Crippen molar-refractivity contribution in [3.8, 4) is 0 Å². The Labute approximate surface area is 162 Å². The Morgan fingerprint density at radius 3 is 3.08 bits per heavy atom. The lowest BCUT2D eigenvalue weighted by atomic mass is 9.97. The van der Waals surface area contributed by atoms with Gasteiger partial charge in [-0.1, -0.05) is 11.6 Å². The summed E-state index contributed by atoms with van der Waals surface area (Å²) in [5.41, 5.74) is 1.92. The molecule has 3 heterocycles. The molecule has 0 aliphatic carbocycles. The SMILES string of the molecule is Cc1nc(CCNC(=O)Cn2ccc(C3CCCNC3)n2)sc1Cl.Cl. The first-order chi connectivity index (χ1) is 11.6. The van der Waals surface area contributed by atoms with E-state index in [1.807, 2.05) is 19.2 Å². The number of piperidine rings is 1. The smallest absolute Gasteiger partial charge is 0.241 e. The van der Waals surface area contributed by atoms with Crippen LogP contribution in [0.1, 0.15) is 35.2 Å². The summed E-state index contributed by atoms with van der Waals surface area (Å²) >= 11 is 7.47. The minimum atomic E-state index is -0.0363. The van der Waals surface area contributed by atoms with E-state index in [-0.39, 0.29) is 24.9 Å². The monoisotopic (exact) mass is 403 g/mol. The van der Waals surface area contributed by atoms with Crippen LogP contribution >= 0.6 is 35.3 Å². The van der Waals surface area contributed by atoms with E-state index in [2.05, 4.69) is 20.7 Å². The molecule has 1 fully saturated rings. The maximum Gasteiger partial charge on any atom is 0.241 e. The molecule has 1 saturated heterocycles. The average Bonchev–Trinajstić information content (AvgIpc) is 3.15. The van der Waals surface area contributed by atoms with Crippen LogP contribution in [0.2, 0.25) is 4.34 Å². The Morgan fingerprint density at radius 1 is 1.56 bits per heavy atom. The van der Waals surface area contributed by atoms with E-state index >= 15 is 0 Å². The lowest BCUT2D eigenvalue weighted by Gasteiger charge is -2.20. The lowest BCUT2D eigenvalue weighted by Crippen LogP contribution is -2.30. The third-order valence-corrected chi connectivity index (χ3v) is 5.64. The quantitative estimate of drug-likeness (QED) is 0.776. The maximum absolute atomic E-state index is 12.0. The summed E-state index contributed by atoms with van der Waals surface area (Å²) in [5.74, 6) is 0.423. The summed E-state index contributed by atoms with van der Waals surface area (Å²) in [6.07, 6.45) is 4.92. The van der Waals surface area contributed by atoms with E-state index in [1.54, 1.807) is 4.68 Å². The van der Waals surface area contributed by atoms with Crippen molar-refractivity contribution in [1.29, 1.82) is 0 Å². The van der Waals surface area contributed by atoms with Gasteiger partial charge in [0.2, 0.25) is 5.91 Å². The van der Waals surface area contributed by atoms with Crippen LogP contribution in [-0.2, 0) is 17.8 Å². The summed E-state index contributed by atoms with van der Waals surface area (Å²) in [6.45, 7) is 4.75. The fraction of sp³-hybridized carbons (Fsp3) is 0.562. The number of hydrogen-bond donors (Lipinski definition) is 2.